The van der Waals surface area contributed by atoms with E-state index in [-0.39, 0.29) is 11.1 Å². The fourth-order valence-corrected chi connectivity index (χ4v) is 1.87. The van der Waals surface area contributed by atoms with Gasteiger partial charge in [0.25, 0.3) is 0 Å². The van der Waals surface area contributed by atoms with Gasteiger partial charge in [-0.15, -0.1) is 0 Å². The van der Waals surface area contributed by atoms with Gasteiger partial charge in [0.1, 0.15) is 5.82 Å². The molecule has 0 aliphatic heterocycles. The Morgan fingerprint density at radius 3 is 2.75 bits per heavy atom. The lowest BCUT2D eigenvalue weighted by Crippen LogP contribution is -2.00. The molecule has 84 valence electrons. The summed E-state index contributed by atoms with van der Waals surface area (Å²) in [6.45, 7) is 4.17. The minimum Gasteiger partial charge on any atom is -0.222 e. The van der Waals surface area contributed by atoms with Crippen molar-refractivity contribution in [2.24, 2.45) is 5.92 Å². The van der Waals surface area contributed by atoms with E-state index in [0.717, 1.165) is 17.5 Å². The van der Waals surface area contributed by atoms with Crippen molar-refractivity contribution in [3.8, 4) is 0 Å². The molecule has 0 aliphatic carbocycles. The Hall–Kier alpha value is -1.22. The second-order valence-corrected chi connectivity index (χ2v) is 4.54. The zero-order valence-electron chi connectivity index (χ0n) is 9.17. The van der Waals surface area contributed by atoms with Crippen LogP contribution >= 0.6 is 11.6 Å². The summed E-state index contributed by atoms with van der Waals surface area (Å²) >= 11 is 5.83. The molecule has 1 heterocycles. The number of fused-ring (bicyclic) bond motifs is 1. The van der Waals surface area contributed by atoms with Gasteiger partial charge >= 0.3 is 0 Å². The lowest BCUT2D eigenvalue weighted by molar-refractivity contribution is 0.625. The van der Waals surface area contributed by atoms with Gasteiger partial charge in [0.2, 0.25) is 5.28 Å². The summed E-state index contributed by atoms with van der Waals surface area (Å²) in [4.78, 5) is 8.24. The number of halogens is 2. The fourth-order valence-electron chi connectivity index (χ4n) is 1.68. The summed E-state index contributed by atoms with van der Waals surface area (Å²) in [5.41, 5.74) is 1.50. The first-order chi connectivity index (χ1) is 7.56. The van der Waals surface area contributed by atoms with Gasteiger partial charge in [0.05, 0.1) is 11.2 Å². The number of aromatic nitrogens is 2. The minimum absolute atomic E-state index is 0.217. The second-order valence-electron chi connectivity index (χ2n) is 4.20. The van der Waals surface area contributed by atoms with E-state index in [1.807, 2.05) is 0 Å². The number of hydrogen-bond donors (Lipinski definition) is 0. The third kappa shape index (κ3) is 2.30. The Labute approximate surface area is 98.5 Å². The molecule has 0 aliphatic rings. The van der Waals surface area contributed by atoms with Crippen molar-refractivity contribution in [2.45, 2.75) is 20.3 Å². The van der Waals surface area contributed by atoms with E-state index in [9.17, 15) is 4.39 Å². The van der Waals surface area contributed by atoms with Crippen molar-refractivity contribution in [2.75, 3.05) is 0 Å². The molecule has 2 nitrogen and oxygen atoms in total. The summed E-state index contributed by atoms with van der Waals surface area (Å²) < 4.78 is 13.2. The first kappa shape index (κ1) is 11.3. The van der Waals surface area contributed by atoms with Gasteiger partial charge in [-0.1, -0.05) is 13.8 Å². The highest BCUT2D eigenvalue weighted by atomic mass is 35.5. The Morgan fingerprint density at radius 1 is 1.31 bits per heavy atom. The fraction of sp³-hybridized carbons (Fsp3) is 0.333. The predicted molar refractivity (Wildman–Crippen MR) is 63.0 cm³/mol. The Bertz CT molecular complexity index is 526. The van der Waals surface area contributed by atoms with Gasteiger partial charge in [0.15, 0.2) is 0 Å². The van der Waals surface area contributed by atoms with Crippen molar-refractivity contribution in [1.29, 1.82) is 0 Å². The van der Waals surface area contributed by atoms with Crippen molar-refractivity contribution in [3.63, 3.8) is 0 Å². The largest absolute Gasteiger partial charge is 0.223 e. The molecule has 2 rings (SSSR count). The monoisotopic (exact) mass is 238 g/mol. The molecule has 0 saturated heterocycles. The predicted octanol–water partition coefficient (Wildman–Crippen LogP) is 3.62. The molecular formula is C12H12ClFN2. The van der Waals surface area contributed by atoms with Crippen LogP contribution < -0.4 is 0 Å². The molecule has 0 radical (unpaired) electrons. The molecule has 1 aromatic carbocycles. The average Bonchev–Trinajstić information content (AvgIpc) is 2.18. The maximum absolute atomic E-state index is 13.2. The molecule has 2 aromatic rings. The first-order valence-corrected chi connectivity index (χ1v) is 5.55. The van der Waals surface area contributed by atoms with E-state index < -0.39 is 0 Å². The zero-order chi connectivity index (χ0) is 11.7. The number of nitrogens with zero attached hydrogens (tertiary/aromatic N) is 2. The summed E-state index contributed by atoms with van der Waals surface area (Å²) in [5, 5.41) is 0.966. The van der Waals surface area contributed by atoms with Crippen LogP contribution in [0.3, 0.4) is 0 Å². The molecule has 0 bridgehead atoms. The Morgan fingerprint density at radius 2 is 2.06 bits per heavy atom. The topological polar surface area (TPSA) is 25.8 Å². The smallest absolute Gasteiger partial charge is 0.222 e. The van der Waals surface area contributed by atoms with E-state index in [0.29, 0.717) is 11.4 Å². The zero-order valence-corrected chi connectivity index (χ0v) is 9.92. The van der Waals surface area contributed by atoms with Crippen LogP contribution in [0.5, 0.6) is 0 Å². The second kappa shape index (κ2) is 4.34. The third-order valence-corrected chi connectivity index (χ3v) is 2.48. The van der Waals surface area contributed by atoms with Gasteiger partial charge in [-0.25, -0.2) is 14.4 Å². The van der Waals surface area contributed by atoms with E-state index >= 15 is 0 Å². The Balaban J connectivity index is 2.64. The van der Waals surface area contributed by atoms with Gasteiger partial charge < -0.3 is 0 Å². The molecule has 1 aromatic heterocycles. The molecular weight excluding hydrogens is 227 g/mol. The van der Waals surface area contributed by atoms with Gasteiger partial charge in [-0.2, -0.15) is 0 Å². The van der Waals surface area contributed by atoms with Crippen LogP contribution in [0, 0.1) is 11.7 Å². The first-order valence-electron chi connectivity index (χ1n) is 5.18. The average molecular weight is 239 g/mol. The molecule has 0 fully saturated rings. The lowest BCUT2D eigenvalue weighted by atomic mass is 10.0. The van der Waals surface area contributed by atoms with Gasteiger partial charge in [-0.3, -0.25) is 0 Å². The molecule has 4 heteroatoms. The van der Waals surface area contributed by atoms with Gasteiger partial charge in [-0.05, 0) is 42.1 Å². The SMILES string of the molecule is CC(C)Cc1nc(Cl)nc2ccc(F)cc12. The van der Waals surface area contributed by atoms with E-state index in [1.165, 1.54) is 12.1 Å². The van der Waals surface area contributed by atoms with Crippen LogP contribution in [0.15, 0.2) is 18.2 Å². The normalized spacial score (nSPS) is 11.3. The Kier molecular flexibility index (Phi) is 3.06. The summed E-state index contributed by atoms with van der Waals surface area (Å²) in [6, 6.07) is 4.47. The molecule has 16 heavy (non-hydrogen) atoms. The van der Waals surface area contributed by atoms with E-state index in [1.54, 1.807) is 6.07 Å². The minimum atomic E-state index is -0.275. The molecule has 0 amide bonds. The molecule has 0 unspecified atom stereocenters. The van der Waals surface area contributed by atoms with Crippen molar-refractivity contribution < 1.29 is 4.39 Å². The quantitative estimate of drug-likeness (QED) is 0.747. The molecule has 0 saturated carbocycles. The molecule has 0 N–H and O–H groups in total. The number of hydrogen-bond acceptors (Lipinski definition) is 2. The number of rotatable bonds is 2. The van der Waals surface area contributed by atoms with Crippen LogP contribution in [-0.2, 0) is 6.42 Å². The maximum Gasteiger partial charge on any atom is 0.223 e. The highest BCUT2D eigenvalue weighted by molar-refractivity contribution is 6.28. The van der Waals surface area contributed by atoms with Crippen molar-refractivity contribution in [1.82, 2.24) is 9.97 Å². The standard InChI is InChI=1S/C12H12ClFN2/c1-7(2)5-11-9-6-8(14)3-4-10(9)15-12(13)16-11/h3-4,6-7H,5H2,1-2H3. The van der Waals surface area contributed by atoms with Crippen LogP contribution in [0.4, 0.5) is 4.39 Å². The molecule has 0 atom stereocenters. The highest BCUT2D eigenvalue weighted by Crippen LogP contribution is 2.21. The van der Waals surface area contributed by atoms with E-state index in [4.69, 9.17) is 11.6 Å². The van der Waals surface area contributed by atoms with Crippen molar-refractivity contribution >= 4 is 22.5 Å². The van der Waals surface area contributed by atoms with Crippen LogP contribution in [0.1, 0.15) is 19.5 Å². The third-order valence-electron chi connectivity index (χ3n) is 2.31. The molecule has 0 spiro atoms. The van der Waals surface area contributed by atoms with Gasteiger partial charge in [0, 0.05) is 5.39 Å². The summed E-state index contributed by atoms with van der Waals surface area (Å²) in [7, 11) is 0. The van der Waals surface area contributed by atoms with Crippen LogP contribution in [-0.4, -0.2) is 9.97 Å². The van der Waals surface area contributed by atoms with E-state index in [2.05, 4.69) is 23.8 Å². The van der Waals surface area contributed by atoms with Crippen LogP contribution in [0.25, 0.3) is 10.9 Å². The lowest BCUT2D eigenvalue weighted by Gasteiger charge is -2.08. The van der Waals surface area contributed by atoms with Crippen LogP contribution in [0.2, 0.25) is 5.28 Å². The highest BCUT2D eigenvalue weighted by Gasteiger charge is 2.09. The maximum atomic E-state index is 13.2. The number of benzene rings is 1. The summed E-state index contributed by atoms with van der Waals surface area (Å²) in [6.07, 6.45) is 0.766. The van der Waals surface area contributed by atoms with Crippen molar-refractivity contribution in [3.05, 3.63) is 35.0 Å². The summed E-state index contributed by atoms with van der Waals surface area (Å²) in [5.74, 6) is 0.167.